The average Bonchev–Trinajstić information content (AvgIpc) is 2.25. The molecule has 0 bridgehead atoms. The molecule has 2 heteroatoms. The Morgan fingerprint density at radius 3 is 2.19 bits per heavy atom. The number of benzene rings is 1. The average molecular weight is 219 g/mol. The van der Waals surface area contributed by atoms with Crippen LogP contribution in [0, 0.1) is 0 Å². The third kappa shape index (κ3) is 3.46. The van der Waals surface area contributed by atoms with Gasteiger partial charge in [-0.15, -0.1) is 0 Å². The molecule has 0 spiro atoms. The summed E-state index contributed by atoms with van der Waals surface area (Å²) in [6, 6.07) is 7.92. The normalized spacial score (nSPS) is 11.5. The molecule has 0 radical (unpaired) electrons. The van der Waals surface area contributed by atoms with Crippen molar-refractivity contribution in [3.05, 3.63) is 35.4 Å². The van der Waals surface area contributed by atoms with Gasteiger partial charge in [0.15, 0.2) is 5.78 Å². The van der Waals surface area contributed by atoms with Gasteiger partial charge in [0.05, 0.1) is 6.54 Å². The molecule has 0 fully saturated rings. The van der Waals surface area contributed by atoms with Crippen molar-refractivity contribution in [1.29, 1.82) is 0 Å². The molecule has 1 aromatic rings. The first-order valence-electron chi connectivity index (χ1n) is 5.79. The predicted octanol–water partition coefficient (Wildman–Crippen LogP) is 2.78. The maximum atomic E-state index is 11.7. The molecule has 0 saturated heterocycles. The van der Waals surface area contributed by atoms with Gasteiger partial charge in [-0.3, -0.25) is 4.79 Å². The van der Waals surface area contributed by atoms with E-state index in [0.717, 1.165) is 12.1 Å². The van der Waals surface area contributed by atoms with Crippen LogP contribution in [0.2, 0.25) is 0 Å². The van der Waals surface area contributed by atoms with Crippen LogP contribution in [0.3, 0.4) is 0 Å². The van der Waals surface area contributed by atoms with Crippen molar-refractivity contribution >= 4 is 5.78 Å². The van der Waals surface area contributed by atoms with E-state index in [1.807, 2.05) is 31.2 Å². The molecule has 0 aliphatic carbocycles. The Balaban J connectivity index is 2.75. The molecule has 1 N–H and O–H groups in total. The summed E-state index contributed by atoms with van der Waals surface area (Å²) in [5, 5.41) is 3.04. The van der Waals surface area contributed by atoms with Gasteiger partial charge < -0.3 is 5.32 Å². The van der Waals surface area contributed by atoms with Gasteiger partial charge in [0.1, 0.15) is 0 Å². The molecule has 0 aromatic heterocycles. The Hall–Kier alpha value is -1.15. The summed E-state index contributed by atoms with van der Waals surface area (Å²) in [7, 11) is 0. The largest absolute Gasteiger partial charge is 0.310 e. The van der Waals surface area contributed by atoms with Crippen LogP contribution in [0.4, 0.5) is 0 Å². The van der Waals surface area contributed by atoms with Gasteiger partial charge in [0, 0.05) is 5.56 Å². The zero-order valence-electron chi connectivity index (χ0n) is 10.6. The van der Waals surface area contributed by atoms with Gasteiger partial charge in [-0.05, 0) is 17.5 Å². The number of Topliss-reactive ketones (excluding diaryl/α,β-unsaturated/α-hetero) is 1. The van der Waals surface area contributed by atoms with Crippen molar-refractivity contribution in [1.82, 2.24) is 5.32 Å². The van der Waals surface area contributed by atoms with E-state index in [4.69, 9.17) is 0 Å². The van der Waals surface area contributed by atoms with Crippen molar-refractivity contribution in [2.75, 3.05) is 13.1 Å². The lowest BCUT2D eigenvalue weighted by Gasteiger charge is -2.18. The minimum Gasteiger partial charge on any atom is -0.310 e. The summed E-state index contributed by atoms with van der Waals surface area (Å²) in [4.78, 5) is 11.7. The highest BCUT2D eigenvalue weighted by Crippen LogP contribution is 2.22. The molecule has 0 saturated carbocycles. The fourth-order valence-corrected chi connectivity index (χ4v) is 1.50. The summed E-state index contributed by atoms with van der Waals surface area (Å²) in [5.74, 6) is 0.155. The number of carbonyl (C=O) groups is 1. The monoisotopic (exact) mass is 219 g/mol. The number of nitrogens with one attached hydrogen (secondary N) is 1. The Kier molecular flexibility index (Phi) is 4.25. The molecule has 0 heterocycles. The predicted molar refractivity (Wildman–Crippen MR) is 68.0 cm³/mol. The van der Waals surface area contributed by atoms with E-state index in [-0.39, 0.29) is 11.2 Å². The third-order valence-corrected chi connectivity index (χ3v) is 2.61. The topological polar surface area (TPSA) is 29.1 Å². The number of ketones is 1. The van der Waals surface area contributed by atoms with Crippen LogP contribution in [-0.2, 0) is 5.41 Å². The second-order valence-electron chi connectivity index (χ2n) is 5.03. The standard InChI is InChI=1S/C14H21NO/c1-5-15-10-13(16)11-6-8-12(9-7-11)14(2,3)4/h6-9,15H,5,10H2,1-4H3. The quantitative estimate of drug-likeness (QED) is 0.789. The molecule has 0 unspecified atom stereocenters. The molecular weight excluding hydrogens is 198 g/mol. The van der Waals surface area contributed by atoms with E-state index in [0.29, 0.717) is 6.54 Å². The van der Waals surface area contributed by atoms with Crippen LogP contribution >= 0.6 is 0 Å². The van der Waals surface area contributed by atoms with Crippen LogP contribution in [-0.4, -0.2) is 18.9 Å². The second kappa shape index (κ2) is 5.26. The Morgan fingerprint density at radius 1 is 1.19 bits per heavy atom. The summed E-state index contributed by atoms with van der Waals surface area (Å²) < 4.78 is 0. The highest BCUT2D eigenvalue weighted by Gasteiger charge is 2.13. The highest BCUT2D eigenvalue weighted by atomic mass is 16.1. The molecule has 88 valence electrons. The number of hydrogen-bond acceptors (Lipinski definition) is 2. The number of rotatable bonds is 4. The fourth-order valence-electron chi connectivity index (χ4n) is 1.50. The molecule has 1 aromatic carbocycles. The first-order valence-corrected chi connectivity index (χ1v) is 5.79. The zero-order valence-corrected chi connectivity index (χ0v) is 10.6. The molecule has 2 nitrogen and oxygen atoms in total. The van der Waals surface area contributed by atoms with Crippen molar-refractivity contribution in [3.63, 3.8) is 0 Å². The fraction of sp³-hybridized carbons (Fsp3) is 0.500. The Labute approximate surface area is 98.1 Å². The zero-order chi connectivity index (χ0) is 12.2. The molecule has 16 heavy (non-hydrogen) atoms. The van der Waals surface area contributed by atoms with Gasteiger partial charge in [0.25, 0.3) is 0 Å². The van der Waals surface area contributed by atoms with Crippen molar-refractivity contribution < 1.29 is 4.79 Å². The van der Waals surface area contributed by atoms with Crippen molar-refractivity contribution in [2.24, 2.45) is 0 Å². The van der Waals surface area contributed by atoms with Gasteiger partial charge in [-0.1, -0.05) is 52.0 Å². The second-order valence-corrected chi connectivity index (χ2v) is 5.03. The number of hydrogen-bond donors (Lipinski definition) is 1. The smallest absolute Gasteiger partial charge is 0.176 e. The maximum Gasteiger partial charge on any atom is 0.176 e. The van der Waals surface area contributed by atoms with E-state index in [9.17, 15) is 4.79 Å². The molecule has 0 amide bonds. The van der Waals surface area contributed by atoms with Crippen molar-refractivity contribution in [3.8, 4) is 0 Å². The molecule has 0 aliphatic rings. The van der Waals surface area contributed by atoms with Gasteiger partial charge in [-0.2, -0.15) is 0 Å². The van der Waals surface area contributed by atoms with Crippen LogP contribution in [0.5, 0.6) is 0 Å². The Morgan fingerprint density at radius 2 is 1.75 bits per heavy atom. The van der Waals surface area contributed by atoms with E-state index < -0.39 is 0 Å². The van der Waals surface area contributed by atoms with Gasteiger partial charge in [0.2, 0.25) is 0 Å². The number of carbonyl (C=O) groups excluding carboxylic acids is 1. The lowest BCUT2D eigenvalue weighted by atomic mass is 9.86. The SMILES string of the molecule is CCNCC(=O)c1ccc(C(C)(C)C)cc1. The summed E-state index contributed by atoms with van der Waals surface area (Å²) in [6.07, 6.45) is 0. The van der Waals surface area contributed by atoms with E-state index in [2.05, 4.69) is 26.1 Å². The molecule has 0 aliphatic heterocycles. The first-order chi connectivity index (χ1) is 7.45. The molecular formula is C14H21NO. The van der Waals surface area contributed by atoms with Crippen LogP contribution < -0.4 is 5.32 Å². The lowest BCUT2D eigenvalue weighted by Crippen LogP contribution is -2.22. The van der Waals surface area contributed by atoms with Gasteiger partial charge in [-0.25, -0.2) is 0 Å². The van der Waals surface area contributed by atoms with Crippen LogP contribution in [0.25, 0.3) is 0 Å². The Bertz CT molecular complexity index is 346. The minimum atomic E-state index is 0.142. The first kappa shape index (κ1) is 12.9. The van der Waals surface area contributed by atoms with Gasteiger partial charge >= 0.3 is 0 Å². The number of likely N-dealkylation sites (N-methyl/N-ethyl adjacent to an activating group) is 1. The molecule has 1 rings (SSSR count). The van der Waals surface area contributed by atoms with E-state index >= 15 is 0 Å². The van der Waals surface area contributed by atoms with Crippen LogP contribution in [0.15, 0.2) is 24.3 Å². The molecule has 0 atom stereocenters. The summed E-state index contributed by atoms with van der Waals surface area (Å²) >= 11 is 0. The van der Waals surface area contributed by atoms with E-state index in [1.165, 1.54) is 5.56 Å². The van der Waals surface area contributed by atoms with E-state index in [1.54, 1.807) is 0 Å². The third-order valence-electron chi connectivity index (χ3n) is 2.61. The summed E-state index contributed by atoms with van der Waals surface area (Å²) in [6.45, 7) is 9.75. The lowest BCUT2D eigenvalue weighted by molar-refractivity contribution is 0.0991. The highest BCUT2D eigenvalue weighted by molar-refractivity contribution is 5.97. The minimum absolute atomic E-state index is 0.142. The summed E-state index contributed by atoms with van der Waals surface area (Å²) in [5.41, 5.74) is 2.19. The maximum absolute atomic E-state index is 11.7. The van der Waals surface area contributed by atoms with Crippen molar-refractivity contribution in [2.45, 2.75) is 33.1 Å². The van der Waals surface area contributed by atoms with Crippen LogP contribution in [0.1, 0.15) is 43.6 Å².